The molecule has 0 spiro atoms. The van der Waals surface area contributed by atoms with E-state index in [9.17, 15) is 18.3 Å². The third-order valence-corrected chi connectivity index (χ3v) is 7.95. The highest BCUT2D eigenvalue weighted by molar-refractivity contribution is 7.89. The van der Waals surface area contributed by atoms with Crippen LogP contribution in [0.5, 0.6) is 0 Å². The van der Waals surface area contributed by atoms with E-state index in [1.807, 2.05) is 80.6 Å². The molecule has 0 fully saturated rings. The molecule has 0 aliphatic heterocycles. The summed E-state index contributed by atoms with van der Waals surface area (Å²) < 4.78 is 40.3. The highest BCUT2D eigenvalue weighted by atomic mass is 32.2. The Morgan fingerprint density at radius 2 is 1.63 bits per heavy atom. The van der Waals surface area contributed by atoms with E-state index in [-0.39, 0.29) is 37.9 Å². The Labute approximate surface area is 241 Å². The second-order valence-corrected chi connectivity index (χ2v) is 12.3. The van der Waals surface area contributed by atoms with Gasteiger partial charge in [0.2, 0.25) is 15.9 Å². The molecule has 4 aromatic rings. The fourth-order valence-corrected chi connectivity index (χ4v) is 5.45. The molecule has 1 unspecified atom stereocenters. The van der Waals surface area contributed by atoms with Crippen LogP contribution in [0.15, 0.2) is 89.3 Å². The number of sulfonamides is 1. The molecular weight excluding hydrogens is 542 g/mol. The molecule has 0 bridgehead atoms. The number of aryl methyl sites for hydroxylation is 1. The summed E-state index contributed by atoms with van der Waals surface area (Å²) in [5.41, 5.74) is 1.09. The number of fused-ring (bicyclic) bond motifs is 1. The Morgan fingerprint density at radius 3 is 2.29 bits per heavy atom. The summed E-state index contributed by atoms with van der Waals surface area (Å²) in [6, 6.07) is 25.9. The molecule has 1 atom stereocenters. The van der Waals surface area contributed by atoms with E-state index in [4.69, 9.17) is 9.15 Å². The number of nitrogens with zero attached hydrogens (tertiary/aromatic N) is 2. The van der Waals surface area contributed by atoms with Crippen LogP contribution in [0.2, 0.25) is 0 Å². The topological polar surface area (TPSA) is 122 Å². The van der Waals surface area contributed by atoms with Crippen molar-refractivity contribution in [2.45, 2.75) is 45.3 Å². The summed E-state index contributed by atoms with van der Waals surface area (Å²) in [7, 11) is -4.07. The lowest BCUT2D eigenvalue weighted by Gasteiger charge is -2.27. The number of aromatic nitrogens is 1. The van der Waals surface area contributed by atoms with Crippen LogP contribution in [0.4, 0.5) is 4.79 Å². The molecular formula is C31H37N3O6S. The van der Waals surface area contributed by atoms with E-state index < -0.39 is 27.6 Å². The lowest BCUT2D eigenvalue weighted by molar-refractivity contribution is 0.00794. The largest absolute Gasteiger partial charge is 0.445 e. The van der Waals surface area contributed by atoms with E-state index >= 15 is 0 Å². The summed E-state index contributed by atoms with van der Waals surface area (Å²) in [5.74, 6) is -0.344. The second kappa shape index (κ2) is 13.8. The van der Waals surface area contributed by atoms with Crippen molar-refractivity contribution in [3.63, 3.8) is 0 Å². The maximum atomic E-state index is 13.3. The molecule has 218 valence electrons. The maximum Gasteiger partial charge on any atom is 0.411 e. The Bertz CT molecular complexity index is 1480. The van der Waals surface area contributed by atoms with Gasteiger partial charge in [-0.2, -0.15) is 0 Å². The molecule has 1 amide bonds. The monoisotopic (exact) mass is 579 g/mol. The minimum Gasteiger partial charge on any atom is -0.445 e. The molecule has 0 saturated carbocycles. The van der Waals surface area contributed by atoms with Gasteiger partial charge in [-0.1, -0.05) is 86.6 Å². The lowest BCUT2D eigenvalue weighted by atomic mass is 9.95. The van der Waals surface area contributed by atoms with Crippen LogP contribution < -0.4 is 4.72 Å². The fraction of sp³-hybridized carbons (Fsp3) is 0.355. The number of aliphatic hydroxyl groups is 1. The van der Waals surface area contributed by atoms with Gasteiger partial charge in [-0.05, 0) is 48.4 Å². The number of hydrogen-bond acceptors (Lipinski definition) is 7. The van der Waals surface area contributed by atoms with Crippen molar-refractivity contribution < 1.29 is 27.5 Å². The Hall–Kier alpha value is -3.73. The molecule has 10 heteroatoms. The average Bonchev–Trinajstić information content (AvgIpc) is 3.42. The quantitative estimate of drug-likeness (QED) is 0.210. The number of carbonyl (C=O) groups excluding carboxylic acids is 1. The van der Waals surface area contributed by atoms with Crippen LogP contribution in [0, 0.1) is 5.92 Å². The number of oxazole rings is 1. The number of rotatable bonds is 14. The number of ether oxygens (including phenoxy) is 1. The van der Waals surface area contributed by atoms with Crippen molar-refractivity contribution in [2.75, 3.05) is 19.0 Å². The number of amides is 1. The number of nitrogens with one attached hydrogen (secondary N) is 1. The van der Waals surface area contributed by atoms with Crippen LogP contribution in [-0.2, 0) is 33.4 Å². The first kappa shape index (κ1) is 30.2. The number of hydrogen-bond donors (Lipinski definition) is 2. The minimum atomic E-state index is -4.07. The van der Waals surface area contributed by atoms with Crippen molar-refractivity contribution in [1.29, 1.82) is 0 Å². The highest BCUT2D eigenvalue weighted by Gasteiger charge is 2.36. The normalized spacial score (nSPS) is 13.3. The molecule has 4 rings (SSSR count). The third kappa shape index (κ3) is 8.88. The van der Waals surface area contributed by atoms with Gasteiger partial charge in [0, 0.05) is 13.1 Å². The summed E-state index contributed by atoms with van der Waals surface area (Å²) in [6.07, 6.45) is 0.491. The van der Waals surface area contributed by atoms with Gasteiger partial charge in [0.1, 0.15) is 18.0 Å². The molecule has 1 aromatic heterocycles. The number of carbonyl (C=O) groups is 1. The standard InChI is InChI=1S/C31H37N3O6S/c1-24(2)18-20-34(30(35)39-21-26-13-7-4-8-14-26)23-41(37,38)32-22-31(36,19-17-25-11-5-3-6-12-25)29-33-27-15-9-10-16-28(27)40-29/h3-16,24,32,36H,17-23H2,1-2H3. The van der Waals surface area contributed by atoms with Crippen molar-refractivity contribution >= 4 is 27.2 Å². The van der Waals surface area contributed by atoms with E-state index in [2.05, 4.69) is 9.71 Å². The van der Waals surface area contributed by atoms with Crippen LogP contribution in [0.25, 0.3) is 11.1 Å². The van der Waals surface area contributed by atoms with Gasteiger partial charge in [-0.25, -0.2) is 22.9 Å². The lowest BCUT2D eigenvalue weighted by Crippen LogP contribution is -2.46. The smallest absolute Gasteiger partial charge is 0.411 e. The van der Waals surface area contributed by atoms with Crippen molar-refractivity contribution in [3.8, 4) is 0 Å². The average molecular weight is 580 g/mol. The van der Waals surface area contributed by atoms with E-state index in [0.717, 1.165) is 11.1 Å². The zero-order valence-electron chi connectivity index (χ0n) is 23.4. The first-order valence-corrected chi connectivity index (χ1v) is 15.3. The van der Waals surface area contributed by atoms with Gasteiger partial charge in [0.25, 0.3) is 0 Å². The van der Waals surface area contributed by atoms with Gasteiger partial charge in [0.15, 0.2) is 11.2 Å². The molecule has 0 saturated heterocycles. The zero-order valence-corrected chi connectivity index (χ0v) is 24.2. The predicted molar refractivity (Wildman–Crippen MR) is 157 cm³/mol. The molecule has 0 aliphatic rings. The zero-order chi connectivity index (χ0) is 29.3. The van der Waals surface area contributed by atoms with Crippen molar-refractivity contribution in [2.24, 2.45) is 5.92 Å². The van der Waals surface area contributed by atoms with Gasteiger partial charge in [0.05, 0.1) is 0 Å². The Balaban J connectivity index is 1.48. The summed E-state index contributed by atoms with van der Waals surface area (Å²) in [5, 5.41) is 11.7. The second-order valence-electron chi connectivity index (χ2n) is 10.6. The Kier molecular flexibility index (Phi) is 10.1. The van der Waals surface area contributed by atoms with Crippen LogP contribution >= 0.6 is 0 Å². The first-order valence-electron chi connectivity index (χ1n) is 13.7. The van der Waals surface area contributed by atoms with Crippen molar-refractivity contribution in [1.82, 2.24) is 14.6 Å². The van der Waals surface area contributed by atoms with E-state index in [0.29, 0.717) is 23.9 Å². The van der Waals surface area contributed by atoms with Gasteiger partial charge in [-0.15, -0.1) is 0 Å². The predicted octanol–water partition coefficient (Wildman–Crippen LogP) is 5.21. The van der Waals surface area contributed by atoms with E-state index in [1.54, 1.807) is 18.2 Å². The molecule has 1 heterocycles. The fourth-order valence-electron chi connectivity index (χ4n) is 4.25. The number of para-hydroxylation sites is 2. The van der Waals surface area contributed by atoms with Crippen LogP contribution in [0.3, 0.4) is 0 Å². The highest BCUT2D eigenvalue weighted by Crippen LogP contribution is 2.29. The number of benzene rings is 3. The third-order valence-electron chi connectivity index (χ3n) is 6.71. The minimum absolute atomic E-state index is 0.0243. The van der Waals surface area contributed by atoms with Crippen LogP contribution in [0.1, 0.15) is 43.7 Å². The molecule has 0 aliphatic carbocycles. The van der Waals surface area contributed by atoms with Gasteiger partial charge < -0.3 is 14.3 Å². The molecule has 0 radical (unpaired) electrons. The molecule has 3 aromatic carbocycles. The molecule has 41 heavy (non-hydrogen) atoms. The van der Waals surface area contributed by atoms with E-state index in [1.165, 1.54) is 4.90 Å². The molecule has 2 N–H and O–H groups in total. The molecule has 9 nitrogen and oxygen atoms in total. The maximum absolute atomic E-state index is 13.3. The van der Waals surface area contributed by atoms with Crippen LogP contribution in [-0.4, -0.2) is 48.5 Å². The van der Waals surface area contributed by atoms with Gasteiger partial charge >= 0.3 is 6.09 Å². The van der Waals surface area contributed by atoms with Crippen molar-refractivity contribution in [3.05, 3.63) is 102 Å². The van der Waals surface area contributed by atoms with Gasteiger partial charge in [-0.3, -0.25) is 4.90 Å². The Morgan fingerprint density at radius 1 is 1.00 bits per heavy atom. The summed E-state index contributed by atoms with van der Waals surface area (Å²) in [4.78, 5) is 18.6. The summed E-state index contributed by atoms with van der Waals surface area (Å²) >= 11 is 0. The summed E-state index contributed by atoms with van der Waals surface area (Å²) in [6.45, 7) is 3.84. The first-order chi connectivity index (χ1) is 19.6. The SMILES string of the molecule is CC(C)CCN(CS(=O)(=O)NCC(O)(CCc1ccccc1)c1nc2ccccc2o1)C(=O)OCc1ccccc1.